The van der Waals surface area contributed by atoms with Crippen LogP contribution in [0.1, 0.15) is 65.3 Å². The zero-order valence-electron chi connectivity index (χ0n) is 22.0. The minimum absolute atomic E-state index is 0.236. The van der Waals surface area contributed by atoms with E-state index in [0.717, 1.165) is 28.1 Å². The minimum Gasteiger partial charge on any atom is -0.339 e. The van der Waals surface area contributed by atoms with Crippen molar-refractivity contribution in [3.8, 4) is 5.69 Å². The first-order valence-corrected chi connectivity index (χ1v) is 12.9. The van der Waals surface area contributed by atoms with E-state index in [1.54, 1.807) is 27.8 Å². The van der Waals surface area contributed by atoms with E-state index >= 15 is 0 Å². The number of fused-ring (bicyclic) bond motifs is 1. The van der Waals surface area contributed by atoms with Gasteiger partial charge in [0.2, 0.25) is 0 Å². The number of benzene rings is 3. The van der Waals surface area contributed by atoms with Crippen LogP contribution in [-0.2, 0) is 4.79 Å². The highest BCUT2D eigenvalue weighted by Crippen LogP contribution is 2.43. The number of aromatic nitrogens is 2. The summed E-state index contributed by atoms with van der Waals surface area (Å²) in [4.78, 5) is 29.3. The molecule has 1 aliphatic rings. The van der Waals surface area contributed by atoms with Crippen molar-refractivity contribution >= 4 is 17.6 Å². The number of nitrogens with one attached hydrogen (secondary N) is 1. The van der Waals surface area contributed by atoms with E-state index in [-0.39, 0.29) is 23.5 Å². The molecule has 0 saturated carbocycles. The maximum absolute atomic E-state index is 14.1. The minimum atomic E-state index is -0.893. The fourth-order valence-electron chi connectivity index (χ4n) is 5.23. The second kappa shape index (κ2) is 10.2. The average Bonchev–Trinajstić information content (AvgIpc) is 3.26. The van der Waals surface area contributed by atoms with Crippen LogP contribution in [0.2, 0.25) is 0 Å². The highest BCUT2D eigenvalue weighted by Gasteiger charge is 2.45. The Kier molecular flexibility index (Phi) is 6.85. The fourth-order valence-corrected chi connectivity index (χ4v) is 5.23. The number of anilines is 1. The predicted molar refractivity (Wildman–Crippen MR) is 146 cm³/mol. The second-order valence-electron chi connectivity index (χ2n) is 9.91. The van der Waals surface area contributed by atoms with Gasteiger partial charge in [0.1, 0.15) is 17.7 Å². The maximum Gasteiger partial charge on any atom is 0.251 e. The van der Waals surface area contributed by atoms with E-state index < -0.39 is 12.0 Å². The molecule has 1 unspecified atom stereocenters. The van der Waals surface area contributed by atoms with Gasteiger partial charge in [0.05, 0.1) is 11.4 Å². The second-order valence-corrected chi connectivity index (χ2v) is 9.91. The topological polar surface area (TPSA) is 67.2 Å². The van der Waals surface area contributed by atoms with Gasteiger partial charge in [-0.2, -0.15) is 5.10 Å². The van der Waals surface area contributed by atoms with Crippen LogP contribution in [0, 0.1) is 12.7 Å². The van der Waals surface area contributed by atoms with Crippen LogP contribution >= 0.6 is 0 Å². The Morgan fingerprint density at radius 3 is 2.39 bits per heavy atom. The molecule has 0 fully saturated rings. The molecule has 1 aliphatic heterocycles. The summed E-state index contributed by atoms with van der Waals surface area (Å²) in [6.07, 6.45) is 0. The van der Waals surface area contributed by atoms with Gasteiger partial charge in [0.15, 0.2) is 0 Å². The number of amides is 2. The van der Waals surface area contributed by atoms with Crippen molar-refractivity contribution in [2.75, 3.05) is 11.4 Å². The van der Waals surface area contributed by atoms with Crippen molar-refractivity contribution in [1.82, 2.24) is 15.1 Å². The lowest BCUT2D eigenvalue weighted by Crippen LogP contribution is -2.55. The number of hydrogen-bond acceptors (Lipinski definition) is 3. The summed E-state index contributed by atoms with van der Waals surface area (Å²) >= 11 is 0. The molecule has 7 heteroatoms. The van der Waals surface area contributed by atoms with E-state index in [0.29, 0.717) is 17.9 Å². The van der Waals surface area contributed by atoms with E-state index in [2.05, 4.69) is 19.2 Å². The monoisotopic (exact) mass is 510 g/mol. The molecular formula is C31H31FN4O2. The molecule has 0 aliphatic carbocycles. The SMILES string of the molecule is CCN1C(=O)C(NC(=O)c2cccc(C(C)C)c2)[C@@H](c2ccc(F)cc2)c2c(C)nn(-c3ccccc3)c21. The van der Waals surface area contributed by atoms with Crippen LogP contribution in [0.5, 0.6) is 0 Å². The van der Waals surface area contributed by atoms with Crippen molar-refractivity contribution in [1.29, 1.82) is 0 Å². The fraction of sp³-hybridized carbons (Fsp3) is 0.258. The van der Waals surface area contributed by atoms with E-state index in [4.69, 9.17) is 5.10 Å². The predicted octanol–water partition coefficient (Wildman–Crippen LogP) is 5.74. The number of aryl methyl sites for hydroxylation is 1. The Morgan fingerprint density at radius 2 is 1.74 bits per heavy atom. The first kappa shape index (κ1) is 25.4. The van der Waals surface area contributed by atoms with Gasteiger partial charge in [-0.3, -0.25) is 14.5 Å². The number of hydrogen-bond donors (Lipinski definition) is 1. The van der Waals surface area contributed by atoms with Gasteiger partial charge in [0, 0.05) is 23.6 Å². The zero-order chi connectivity index (χ0) is 27.0. The summed E-state index contributed by atoms with van der Waals surface area (Å²) in [7, 11) is 0. The molecule has 2 amide bonds. The smallest absolute Gasteiger partial charge is 0.251 e. The Morgan fingerprint density at radius 1 is 1.03 bits per heavy atom. The molecule has 0 saturated heterocycles. The Labute approximate surface area is 222 Å². The van der Waals surface area contributed by atoms with Crippen molar-refractivity contribution in [2.24, 2.45) is 0 Å². The summed E-state index contributed by atoms with van der Waals surface area (Å²) < 4.78 is 15.7. The van der Waals surface area contributed by atoms with Gasteiger partial charge >= 0.3 is 0 Å². The Bertz CT molecular complexity index is 1480. The number of halogens is 1. The van der Waals surface area contributed by atoms with Crippen molar-refractivity contribution in [3.05, 3.63) is 113 Å². The molecule has 0 radical (unpaired) electrons. The number of nitrogens with zero attached hydrogens (tertiary/aromatic N) is 3. The molecule has 38 heavy (non-hydrogen) atoms. The van der Waals surface area contributed by atoms with Crippen molar-refractivity contribution < 1.29 is 14.0 Å². The van der Waals surface area contributed by atoms with Gasteiger partial charge < -0.3 is 5.32 Å². The molecular weight excluding hydrogens is 479 g/mol. The summed E-state index contributed by atoms with van der Waals surface area (Å²) in [6.45, 7) is 8.35. The summed E-state index contributed by atoms with van der Waals surface area (Å²) in [5.41, 5.74) is 4.67. The van der Waals surface area contributed by atoms with Crippen LogP contribution < -0.4 is 10.2 Å². The lowest BCUT2D eigenvalue weighted by Gasteiger charge is -2.38. The summed E-state index contributed by atoms with van der Waals surface area (Å²) in [5, 5.41) is 7.86. The van der Waals surface area contributed by atoms with E-state index in [9.17, 15) is 14.0 Å². The van der Waals surface area contributed by atoms with Crippen LogP contribution in [-0.4, -0.2) is 34.2 Å². The van der Waals surface area contributed by atoms with Crippen LogP contribution in [0.25, 0.3) is 5.69 Å². The highest BCUT2D eigenvalue weighted by molar-refractivity contribution is 6.05. The van der Waals surface area contributed by atoms with Gasteiger partial charge in [-0.15, -0.1) is 0 Å². The maximum atomic E-state index is 14.1. The van der Waals surface area contributed by atoms with Gasteiger partial charge in [0.25, 0.3) is 11.8 Å². The molecule has 0 spiro atoms. The third-order valence-electron chi connectivity index (χ3n) is 7.16. The molecule has 2 heterocycles. The Balaban J connectivity index is 1.65. The number of carbonyl (C=O) groups is 2. The average molecular weight is 511 g/mol. The normalized spacial score (nSPS) is 17.0. The molecule has 4 aromatic rings. The first-order valence-electron chi connectivity index (χ1n) is 12.9. The van der Waals surface area contributed by atoms with E-state index in [1.807, 2.05) is 62.4 Å². The van der Waals surface area contributed by atoms with Gasteiger partial charge in [-0.05, 0) is 67.3 Å². The lowest BCUT2D eigenvalue weighted by atomic mass is 9.81. The molecule has 194 valence electrons. The van der Waals surface area contributed by atoms with Crippen molar-refractivity contribution in [2.45, 2.75) is 45.6 Å². The molecule has 0 bridgehead atoms. The lowest BCUT2D eigenvalue weighted by molar-refractivity contribution is -0.121. The number of carbonyl (C=O) groups excluding carboxylic acids is 2. The van der Waals surface area contributed by atoms with Gasteiger partial charge in [-0.1, -0.05) is 56.3 Å². The standard InChI is InChI=1S/C31H31FN4O2/c1-5-35-30-26(20(4)34-36(30)25-12-7-6-8-13-25)27(21-14-16-24(32)17-15-21)28(31(35)38)33-29(37)23-11-9-10-22(18-23)19(2)3/h6-19,27-28H,5H2,1-4H3,(H,33,37)/t27-,28?/m0/s1. The van der Waals surface area contributed by atoms with Crippen LogP contribution in [0.4, 0.5) is 10.2 Å². The number of para-hydroxylation sites is 1. The largest absolute Gasteiger partial charge is 0.339 e. The molecule has 1 N–H and O–H groups in total. The van der Waals surface area contributed by atoms with Crippen molar-refractivity contribution in [3.63, 3.8) is 0 Å². The molecule has 3 aromatic carbocycles. The zero-order valence-corrected chi connectivity index (χ0v) is 22.0. The third kappa shape index (κ3) is 4.49. The molecule has 6 nitrogen and oxygen atoms in total. The third-order valence-corrected chi connectivity index (χ3v) is 7.16. The van der Waals surface area contributed by atoms with Gasteiger partial charge in [-0.25, -0.2) is 9.07 Å². The summed E-state index contributed by atoms with van der Waals surface area (Å²) in [6, 6.07) is 22.3. The Hall–Kier alpha value is -4.26. The van der Waals surface area contributed by atoms with E-state index in [1.165, 1.54) is 12.1 Å². The summed E-state index contributed by atoms with van der Waals surface area (Å²) in [5.74, 6) is -0.548. The first-order chi connectivity index (χ1) is 18.3. The highest BCUT2D eigenvalue weighted by atomic mass is 19.1. The molecule has 5 rings (SSSR count). The van der Waals surface area contributed by atoms with Crippen LogP contribution in [0.3, 0.4) is 0 Å². The van der Waals surface area contributed by atoms with Crippen LogP contribution in [0.15, 0.2) is 78.9 Å². The number of likely N-dealkylation sites (N-methyl/N-ethyl adjacent to an activating group) is 1. The molecule has 2 atom stereocenters. The molecule has 1 aromatic heterocycles. The number of rotatable bonds is 6. The quantitative estimate of drug-likeness (QED) is 0.360.